The Kier molecular flexibility index (Phi) is 5.50. The van der Waals surface area contributed by atoms with Gasteiger partial charge >= 0.3 is 0 Å². The highest BCUT2D eigenvalue weighted by Gasteiger charge is 2.20. The largest absolute Gasteiger partial charge is 0.355 e. The molecule has 1 saturated heterocycles. The van der Waals surface area contributed by atoms with Gasteiger partial charge < -0.3 is 15.1 Å². The third kappa shape index (κ3) is 4.14. The summed E-state index contributed by atoms with van der Waals surface area (Å²) < 4.78 is 0. The van der Waals surface area contributed by atoms with Crippen LogP contribution in [0.25, 0.3) is 0 Å². The van der Waals surface area contributed by atoms with Gasteiger partial charge in [0.05, 0.1) is 0 Å². The van der Waals surface area contributed by atoms with Gasteiger partial charge in [0.1, 0.15) is 0 Å². The van der Waals surface area contributed by atoms with Crippen molar-refractivity contribution in [1.82, 2.24) is 20.4 Å². The second kappa shape index (κ2) is 7.36. The van der Waals surface area contributed by atoms with E-state index in [1.165, 1.54) is 24.2 Å². The Balaban J connectivity index is 1.90. The lowest BCUT2D eigenvalue weighted by Crippen LogP contribution is -2.35. The van der Waals surface area contributed by atoms with Crippen LogP contribution in [-0.2, 0) is 0 Å². The van der Waals surface area contributed by atoms with Crippen molar-refractivity contribution < 1.29 is 4.79 Å². The fourth-order valence-electron chi connectivity index (χ4n) is 2.64. The zero-order valence-electron chi connectivity index (χ0n) is 13.2. The molecule has 1 aliphatic rings. The van der Waals surface area contributed by atoms with E-state index in [0.29, 0.717) is 5.69 Å². The molecular weight excluding hydrogens is 266 g/mol. The number of hydrogen-bond acceptors (Lipinski definition) is 5. The summed E-state index contributed by atoms with van der Waals surface area (Å²) in [5.41, 5.74) is 0.396. The van der Waals surface area contributed by atoms with Gasteiger partial charge in [-0.25, -0.2) is 0 Å². The first kappa shape index (κ1) is 15.7. The van der Waals surface area contributed by atoms with E-state index in [1.807, 2.05) is 13.1 Å². The van der Waals surface area contributed by atoms with Crippen LogP contribution in [0, 0.1) is 5.92 Å². The summed E-state index contributed by atoms with van der Waals surface area (Å²) in [4.78, 5) is 15.5. The number of amides is 1. The standard InChI is InChI=1S/C15H25N5O/c1-16-9-6-12-7-10-20(11-8-12)14-5-4-13(17-18-14)15(21)19(2)3/h4-5,12,16H,6-11H2,1-3H3. The topological polar surface area (TPSA) is 61.4 Å². The van der Waals surface area contributed by atoms with Crippen LogP contribution < -0.4 is 10.2 Å². The first-order chi connectivity index (χ1) is 10.1. The van der Waals surface area contributed by atoms with Gasteiger partial charge in [0.2, 0.25) is 0 Å². The van der Waals surface area contributed by atoms with Gasteiger partial charge in [0, 0.05) is 27.2 Å². The van der Waals surface area contributed by atoms with Gasteiger partial charge in [-0.05, 0) is 50.9 Å². The van der Waals surface area contributed by atoms with E-state index in [0.717, 1.165) is 31.4 Å². The zero-order chi connectivity index (χ0) is 15.2. The van der Waals surface area contributed by atoms with Crippen LogP contribution in [0.3, 0.4) is 0 Å². The van der Waals surface area contributed by atoms with Crippen LogP contribution in [0.5, 0.6) is 0 Å². The summed E-state index contributed by atoms with van der Waals surface area (Å²) >= 11 is 0. The van der Waals surface area contributed by atoms with E-state index in [4.69, 9.17) is 0 Å². The fourth-order valence-corrected chi connectivity index (χ4v) is 2.64. The van der Waals surface area contributed by atoms with Gasteiger partial charge in [-0.3, -0.25) is 4.79 Å². The number of piperidine rings is 1. The van der Waals surface area contributed by atoms with E-state index in [9.17, 15) is 4.79 Å². The minimum Gasteiger partial charge on any atom is -0.355 e. The normalized spacial score (nSPS) is 16.0. The van der Waals surface area contributed by atoms with E-state index < -0.39 is 0 Å². The van der Waals surface area contributed by atoms with Gasteiger partial charge in [0.25, 0.3) is 5.91 Å². The average molecular weight is 291 g/mol. The van der Waals surface area contributed by atoms with Crippen molar-refractivity contribution >= 4 is 11.7 Å². The Hall–Kier alpha value is -1.69. The highest BCUT2D eigenvalue weighted by molar-refractivity contribution is 5.91. The van der Waals surface area contributed by atoms with Crippen LogP contribution in [-0.4, -0.2) is 61.8 Å². The molecule has 0 bridgehead atoms. The van der Waals surface area contributed by atoms with Gasteiger partial charge in [-0.15, -0.1) is 10.2 Å². The van der Waals surface area contributed by atoms with Crippen LogP contribution in [0.4, 0.5) is 5.82 Å². The maximum Gasteiger partial charge on any atom is 0.273 e. The molecule has 0 saturated carbocycles. The van der Waals surface area contributed by atoms with E-state index >= 15 is 0 Å². The number of hydrogen-bond donors (Lipinski definition) is 1. The predicted molar refractivity (Wildman–Crippen MR) is 83.5 cm³/mol. The van der Waals surface area contributed by atoms with Crippen molar-refractivity contribution in [2.45, 2.75) is 19.3 Å². The maximum atomic E-state index is 11.8. The first-order valence-corrected chi connectivity index (χ1v) is 7.56. The highest BCUT2D eigenvalue weighted by Crippen LogP contribution is 2.23. The molecule has 116 valence electrons. The van der Waals surface area contributed by atoms with Crippen molar-refractivity contribution in [2.24, 2.45) is 5.92 Å². The highest BCUT2D eigenvalue weighted by atomic mass is 16.2. The van der Waals surface area contributed by atoms with Crippen molar-refractivity contribution in [2.75, 3.05) is 45.7 Å². The summed E-state index contributed by atoms with van der Waals surface area (Å²) in [5, 5.41) is 11.5. The molecule has 1 aromatic rings. The molecule has 0 unspecified atom stereocenters. The minimum atomic E-state index is -0.111. The molecule has 6 nitrogen and oxygen atoms in total. The van der Waals surface area contributed by atoms with Crippen LogP contribution in [0.1, 0.15) is 29.8 Å². The van der Waals surface area contributed by atoms with Crippen LogP contribution in [0.15, 0.2) is 12.1 Å². The molecular formula is C15H25N5O. The van der Waals surface area contributed by atoms with Gasteiger partial charge in [-0.2, -0.15) is 0 Å². The molecule has 0 aromatic carbocycles. The molecule has 2 heterocycles. The Labute approximate surface area is 126 Å². The van der Waals surface area contributed by atoms with Crippen molar-refractivity contribution in [1.29, 1.82) is 0 Å². The second-order valence-corrected chi connectivity index (χ2v) is 5.80. The van der Waals surface area contributed by atoms with Crippen molar-refractivity contribution in [3.05, 3.63) is 17.8 Å². The van der Waals surface area contributed by atoms with E-state index in [1.54, 1.807) is 20.2 Å². The minimum absolute atomic E-state index is 0.111. The molecule has 1 aromatic heterocycles. The summed E-state index contributed by atoms with van der Waals surface area (Å²) in [6.07, 6.45) is 3.63. The smallest absolute Gasteiger partial charge is 0.273 e. The molecule has 1 fully saturated rings. The number of aromatic nitrogens is 2. The Morgan fingerprint density at radius 1 is 1.33 bits per heavy atom. The Morgan fingerprint density at radius 3 is 2.57 bits per heavy atom. The lowest BCUT2D eigenvalue weighted by Gasteiger charge is -2.32. The summed E-state index contributed by atoms with van der Waals surface area (Å²) in [7, 11) is 5.43. The number of carbonyl (C=O) groups is 1. The van der Waals surface area contributed by atoms with E-state index in [-0.39, 0.29) is 5.91 Å². The predicted octanol–water partition coefficient (Wildman–Crippen LogP) is 1.00. The third-order valence-corrected chi connectivity index (χ3v) is 4.02. The molecule has 1 aliphatic heterocycles. The second-order valence-electron chi connectivity index (χ2n) is 5.80. The van der Waals surface area contributed by atoms with Crippen LogP contribution in [0.2, 0.25) is 0 Å². The lowest BCUT2D eigenvalue weighted by atomic mass is 9.93. The molecule has 6 heteroatoms. The third-order valence-electron chi connectivity index (χ3n) is 4.02. The molecule has 0 radical (unpaired) electrons. The Morgan fingerprint density at radius 2 is 2.05 bits per heavy atom. The maximum absolute atomic E-state index is 11.8. The zero-order valence-corrected chi connectivity index (χ0v) is 13.2. The summed E-state index contributed by atoms with van der Waals surface area (Å²) in [5.74, 6) is 1.56. The summed E-state index contributed by atoms with van der Waals surface area (Å²) in [6, 6.07) is 3.66. The number of nitrogens with zero attached hydrogens (tertiary/aromatic N) is 4. The monoisotopic (exact) mass is 291 g/mol. The first-order valence-electron chi connectivity index (χ1n) is 7.56. The molecule has 2 rings (SSSR count). The molecule has 1 N–H and O–H groups in total. The molecule has 0 aliphatic carbocycles. The number of rotatable bonds is 5. The molecule has 0 atom stereocenters. The molecule has 1 amide bonds. The average Bonchev–Trinajstić information content (AvgIpc) is 2.53. The van der Waals surface area contributed by atoms with E-state index in [2.05, 4.69) is 20.4 Å². The number of nitrogens with one attached hydrogen (secondary N) is 1. The fraction of sp³-hybridized carbons (Fsp3) is 0.667. The molecule has 21 heavy (non-hydrogen) atoms. The van der Waals surface area contributed by atoms with Gasteiger partial charge in [-0.1, -0.05) is 0 Å². The van der Waals surface area contributed by atoms with Crippen molar-refractivity contribution in [3.8, 4) is 0 Å². The Bertz CT molecular complexity index is 452. The SMILES string of the molecule is CNCCC1CCN(c2ccc(C(=O)N(C)C)nn2)CC1. The number of carbonyl (C=O) groups excluding carboxylic acids is 1. The van der Waals surface area contributed by atoms with Gasteiger partial charge in [0.15, 0.2) is 11.5 Å². The summed E-state index contributed by atoms with van der Waals surface area (Å²) in [6.45, 7) is 3.12. The quantitative estimate of drug-likeness (QED) is 0.877. The number of anilines is 1. The molecule has 0 spiro atoms. The van der Waals surface area contributed by atoms with Crippen LogP contribution >= 0.6 is 0 Å². The lowest BCUT2D eigenvalue weighted by molar-refractivity contribution is 0.0821. The van der Waals surface area contributed by atoms with Crippen molar-refractivity contribution in [3.63, 3.8) is 0 Å².